The Labute approximate surface area is 138 Å². The van der Waals surface area contributed by atoms with Gasteiger partial charge >= 0.3 is 5.97 Å². The second-order valence-corrected chi connectivity index (χ2v) is 6.88. The molecule has 0 radical (unpaired) electrons. The maximum absolute atomic E-state index is 12.1. The van der Waals surface area contributed by atoms with Crippen molar-refractivity contribution in [2.75, 3.05) is 5.75 Å². The molecule has 1 amide bonds. The summed E-state index contributed by atoms with van der Waals surface area (Å²) in [6.45, 7) is 1.76. The van der Waals surface area contributed by atoms with E-state index in [1.54, 1.807) is 36.0 Å². The fourth-order valence-electron chi connectivity index (χ4n) is 3.03. The molecule has 2 aliphatic rings. The summed E-state index contributed by atoms with van der Waals surface area (Å²) in [5, 5.41) is 18.7. The predicted octanol–water partition coefficient (Wildman–Crippen LogP) is 0.863. The van der Waals surface area contributed by atoms with E-state index in [-0.39, 0.29) is 17.9 Å². The zero-order valence-corrected chi connectivity index (χ0v) is 13.4. The smallest absolute Gasteiger partial charge is 0.317 e. The van der Waals surface area contributed by atoms with Gasteiger partial charge in [0, 0.05) is 11.4 Å². The number of fused-ring (bicyclic) bond motifs is 1. The number of amides is 1. The zero-order chi connectivity index (χ0) is 16.7. The molecular formula is C16H18N2O4S. The number of benzene rings is 1. The Morgan fingerprint density at radius 1 is 1.43 bits per heavy atom. The fourth-order valence-corrected chi connectivity index (χ4v) is 4.29. The average Bonchev–Trinajstić information content (AvgIpc) is 2.56. The van der Waals surface area contributed by atoms with E-state index >= 15 is 0 Å². The number of rotatable bonds is 4. The van der Waals surface area contributed by atoms with Gasteiger partial charge in [-0.05, 0) is 23.6 Å². The predicted molar refractivity (Wildman–Crippen MR) is 86.5 cm³/mol. The first-order valence-electron chi connectivity index (χ1n) is 7.28. The number of carbonyl (C=O) groups is 2. The van der Waals surface area contributed by atoms with Crippen LogP contribution in [-0.4, -0.2) is 44.2 Å². The van der Waals surface area contributed by atoms with Crippen molar-refractivity contribution in [1.29, 1.82) is 0 Å². The molecule has 122 valence electrons. The van der Waals surface area contributed by atoms with Crippen LogP contribution in [0.5, 0.6) is 0 Å². The Balaban J connectivity index is 2.03. The minimum Gasteiger partial charge on any atom is -0.480 e. The van der Waals surface area contributed by atoms with E-state index in [1.807, 2.05) is 6.92 Å². The quantitative estimate of drug-likeness (QED) is 0.706. The summed E-state index contributed by atoms with van der Waals surface area (Å²) >= 11 is 1.56. The van der Waals surface area contributed by atoms with E-state index in [1.165, 1.54) is 4.90 Å². The van der Waals surface area contributed by atoms with Crippen LogP contribution in [0.4, 0.5) is 0 Å². The number of aliphatic carboxylic acids is 1. The van der Waals surface area contributed by atoms with Gasteiger partial charge in [-0.3, -0.25) is 14.5 Å². The Morgan fingerprint density at radius 2 is 2.09 bits per heavy atom. The van der Waals surface area contributed by atoms with Gasteiger partial charge in [0.05, 0.1) is 6.61 Å². The largest absolute Gasteiger partial charge is 0.480 e. The summed E-state index contributed by atoms with van der Waals surface area (Å²) in [6, 6.07) is 6.20. The van der Waals surface area contributed by atoms with Crippen LogP contribution in [0, 0.1) is 0 Å². The van der Waals surface area contributed by atoms with Gasteiger partial charge in [-0.1, -0.05) is 24.3 Å². The fraction of sp³-hybridized carbons (Fsp3) is 0.375. The van der Waals surface area contributed by atoms with Crippen LogP contribution in [0.1, 0.15) is 24.0 Å². The molecule has 1 fully saturated rings. The van der Waals surface area contributed by atoms with Crippen LogP contribution < -0.4 is 5.73 Å². The average molecular weight is 334 g/mol. The summed E-state index contributed by atoms with van der Waals surface area (Å²) < 4.78 is 0. The van der Waals surface area contributed by atoms with Crippen LogP contribution in [0.25, 0.3) is 0 Å². The minimum absolute atomic E-state index is 0.0993. The highest BCUT2D eigenvalue weighted by atomic mass is 32.2. The van der Waals surface area contributed by atoms with Crippen molar-refractivity contribution >= 4 is 23.6 Å². The molecule has 0 bridgehead atoms. The molecule has 4 N–H and O–H groups in total. The number of β-lactam (4-membered cyclic amide) rings is 1. The Bertz CT molecular complexity index is 686. The van der Waals surface area contributed by atoms with Crippen molar-refractivity contribution in [2.45, 2.75) is 30.9 Å². The molecule has 0 spiro atoms. The molecule has 2 aliphatic heterocycles. The van der Waals surface area contributed by atoms with Gasteiger partial charge in [0.15, 0.2) is 0 Å². The number of nitrogens with two attached hydrogens (primary N) is 1. The summed E-state index contributed by atoms with van der Waals surface area (Å²) in [7, 11) is 0. The van der Waals surface area contributed by atoms with E-state index in [0.717, 1.165) is 5.57 Å². The molecule has 2 heterocycles. The number of carbonyl (C=O) groups excluding carboxylic acids is 1. The molecule has 1 aromatic rings. The lowest BCUT2D eigenvalue weighted by Gasteiger charge is -2.50. The molecule has 0 saturated carbocycles. The lowest BCUT2D eigenvalue weighted by molar-refractivity contribution is -0.143. The van der Waals surface area contributed by atoms with E-state index < -0.39 is 17.9 Å². The number of aliphatic hydroxyl groups is 1. The molecule has 1 saturated heterocycles. The van der Waals surface area contributed by atoms with Crippen molar-refractivity contribution in [3.8, 4) is 0 Å². The standard InChI is InChI=1S/C16H18N2O4S/c1-8-7-23-15-12(17)14(20)18(15)13(8)11(16(21)22)10-4-2-9(6-19)3-5-10/h2-5,11-12,15,19H,6-7,17H2,1H3,(H,21,22)/t11?,12?,15-/m1/s1. The molecule has 7 heteroatoms. The highest BCUT2D eigenvalue weighted by Gasteiger charge is 2.51. The SMILES string of the molecule is CC1=C(C(C(=O)O)c2ccc(CO)cc2)N2C(=O)C(N)[C@H]2SC1. The topological polar surface area (TPSA) is 104 Å². The van der Waals surface area contributed by atoms with Gasteiger partial charge < -0.3 is 15.9 Å². The van der Waals surface area contributed by atoms with Gasteiger partial charge in [0.2, 0.25) is 5.91 Å². The van der Waals surface area contributed by atoms with Crippen molar-refractivity contribution in [1.82, 2.24) is 4.90 Å². The lowest BCUT2D eigenvalue weighted by Crippen LogP contribution is -2.68. The maximum atomic E-state index is 12.1. The maximum Gasteiger partial charge on any atom is 0.317 e. The summed E-state index contributed by atoms with van der Waals surface area (Å²) in [6.07, 6.45) is 0. The number of aliphatic hydroxyl groups excluding tert-OH is 1. The Hall–Kier alpha value is -1.83. The molecule has 0 aliphatic carbocycles. The van der Waals surface area contributed by atoms with Crippen molar-refractivity contribution < 1.29 is 19.8 Å². The van der Waals surface area contributed by atoms with E-state index in [0.29, 0.717) is 22.6 Å². The lowest BCUT2D eigenvalue weighted by atomic mass is 9.89. The summed E-state index contributed by atoms with van der Waals surface area (Å²) in [5.41, 5.74) is 8.54. The summed E-state index contributed by atoms with van der Waals surface area (Å²) in [4.78, 5) is 25.6. The molecule has 3 atom stereocenters. The number of nitrogens with zero attached hydrogens (tertiary/aromatic N) is 1. The number of carboxylic acid groups (broad SMARTS) is 1. The molecule has 2 unspecified atom stereocenters. The molecule has 3 rings (SSSR count). The molecular weight excluding hydrogens is 316 g/mol. The third-order valence-electron chi connectivity index (χ3n) is 4.27. The van der Waals surface area contributed by atoms with Crippen LogP contribution in [-0.2, 0) is 16.2 Å². The van der Waals surface area contributed by atoms with Crippen molar-refractivity contribution in [2.24, 2.45) is 5.73 Å². The molecule has 1 aromatic carbocycles. The van der Waals surface area contributed by atoms with Gasteiger partial charge in [0.1, 0.15) is 17.3 Å². The Kier molecular flexibility index (Phi) is 4.18. The Morgan fingerprint density at radius 3 is 2.65 bits per heavy atom. The van der Waals surface area contributed by atoms with Crippen molar-refractivity contribution in [3.63, 3.8) is 0 Å². The number of hydrogen-bond acceptors (Lipinski definition) is 5. The van der Waals surface area contributed by atoms with Crippen LogP contribution in [0.3, 0.4) is 0 Å². The molecule has 6 nitrogen and oxygen atoms in total. The van der Waals surface area contributed by atoms with E-state index in [4.69, 9.17) is 10.8 Å². The first-order valence-corrected chi connectivity index (χ1v) is 8.33. The second-order valence-electron chi connectivity index (χ2n) is 5.77. The zero-order valence-electron chi connectivity index (χ0n) is 12.6. The van der Waals surface area contributed by atoms with Gasteiger partial charge in [-0.15, -0.1) is 11.8 Å². The normalized spacial score (nSPS) is 25.0. The first-order chi connectivity index (χ1) is 11.0. The van der Waals surface area contributed by atoms with Crippen LogP contribution in [0.15, 0.2) is 35.5 Å². The molecule has 23 heavy (non-hydrogen) atoms. The minimum atomic E-state index is -1.00. The highest BCUT2D eigenvalue weighted by Crippen LogP contribution is 2.44. The number of carboxylic acids is 1. The first kappa shape index (κ1) is 16.0. The number of hydrogen-bond donors (Lipinski definition) is 3. The van der Waals surface area contributed by atoms with Crippen molar-refractivity contribution in [3.05, 3.63) is 46.7 Å². The third kappa shape index (κ3) is 2.54. The van der Waals surface area contributed by atoms with E-state index in [9.17, 15) is 14.7 Å². The van der Waals surface area contributed by atoms with E-state index in [2.05, 4.69) is 0 Å². The second kappa shape index (κ2) is 5.99. The third-order valence-corrected chi connectivity index (χ3v) is 5.71. The van der Waals surface area contributed by atoms with Crippen LogP contribution >= 0.6 is 11.8 Å². The van der Waals surface area contributed by atoms with Gasteiger partial charge in [0.25, 0.3) is 0 Å². The van der Waals surface area contributed by atoms with Crippen LogP contribution in [0.2, 0.25) is 0 Å². The molecule has 0 aromatic heterocycles. The highest BCUT2D eigenvalue weighted by molar-refractivity contribution is 8.00. The van der Waals surface area contributed by atoms with Gasteiger partial charge in [-0.2, -0.15) is 0 Å². The monoisotopic (exact) mass is 334 g/mol. The van der Waals surface area contributed by atoms with Gasteiger partial charge in [-0.25, -0.2) is 0 Å². The number of thioether (sulfide) groups is 1. The summed E-state index contributed by atoms with van der Waals surface area (Å²) in [5.74, 6) is -1.48.